The standard InChI is InChI=1S/C14H10Br2FNO2/c1-20-11-6-9(15)5-10(7-11)18-14(19)8-2-3-12(16)13(17)4-8/h2-7H,1H3,(H,18,19). The number of amides is 1. The van der Waals surface area contributed by atoms with Gasteiger partial charge in [-0.2, -0.15) is 0 Å². The van der Waals surface area contributed by atoms with Crippen molar-refractivity contribution in [2.45, 2.75) is 0 Å². The summed E-state index contributed by atoms with van der Waals surface area (Å²) >= 11 is 6.37. The molecule has 0 aliphatic heterocycles. The third-order valence-corrected chi connectivity index (χ3v) is 3.65. The number of hydrogen-bond acceptors (Lipinski definition) is 2. The Morgan fingerprint density at radius 1 is 1.20 bits per heavy atom. The molecule has 6 heteroatoms. The van der Waals surface area contributed by atoms with Crippen molar-refractivity contribution in [1.29, 1.82) is 0 Å². The summed E-state index contributed by atoms with van der Waals surface area (Å²) in [7, 11) is 1.54. The highest BCUT2D eigenvalue weighted by Crippen LogP contribution is 2.25. The van der Waals surface area contributed by atoms with Crippen LogP contribution in [0.1, 0.15) is 10.4 Å². The van der Waals surface area contributed by atoms with Crippen molar-refractivity contribution in [3.63, 3.8) is 0 Å². The second kappa shape index (κ2) is 6.37. The Morgan fingerprint density at radius 2 is 1.95 bits per heavy atom. The van der Waals surface area contributed by atoms with Gasteiger partial charge in [0.1, 0.15) is 11.6 Å². The molecular formula is C14H10Br2FNO2. The molecule has 1 amide bonds. The molecule has 0 spiro atoms. The second-order valence-corrected chi connectivity index (χ2v) is 5.73. The molecule has 0 saturated carbocycles. The van der Waals surface area contributed by atoms with Gasteiger partial charge in [-0.3, -0.25) is 4.79 Å². The fraction of sp³-hybridized carbons (Fsp3) is 0.0714. The fourth-order valence-corrected chi connectivity index (χ4v) is 2.31. The summed E-state index contributed by atoms with van der Waals surface area (Å²) in [5.74, 6) is -0.266. The molecule has 0 bridgehead atoms. The highest BCUT2D eigenvalue weighted by atomic mass is 79.9. The second-order valence-electron chi connectivity index (χ2n) is 3.96. The first kappa shape index (κ1) is 15.0. The maximum Gasteiger partial charge on any atom is 0.255 e. The van der Waals surface area contributed by atoms with E-state index >= 15 is 0 Å². The van der Waals surface area contributed by atoms with Crippen LogP contribution < -0.4 is 10.1 Å². The predicted molar refractivity (Wildman–Crippen MR) is 82.7 cm³/mol. The highest BCUT2D eigenvalue weighted by Gasteiger charge is 2.10. The number of hydrogen-bond donors (Lipinski definition) is 1. The number of anilines is 1. The average molecular weight is 403 g/mol. The monoisotopic (exact) mass is 401 g/mol. The molecule has 104 valence electrons. The summed E-state index contributed by atoms with van der Waals surface area (Å²) in [5.41, 5.74) is 0.800. The van der Waals surface area contributed by atoms with Gasteiger partial charge in [0, 0.05) is 21.8 Å². The van der Waals surface area contributed by atoms with Crippen LogP contribution in [0.5, 0.6) is 5.75 Å². The van der Waals surface area contributed by atoms with Gasteiger partial charge in [-0.15, -0.1) is 0 Å². The minimum absolute atomic E-state index is 0.240. The Labute approximate surface area is 132 Å². The molecule has 2 aromatic rings. The number of ether oxygens (including phenoxy) is 1. The Bertz CT molecular complexity index is 662. The maximum atomic E-state index is 13.4. The number of carbonyl (C=O) groups excluding carboxylic acids is 1. The number of benzene rings is 2. The van der Waals surface area contributed by atoms with E-state index in [0.717, 1.165) is 4.47 Å². The number of nitrogens with one attached hydrogen (secondary N) is 1. The van der Waals surface area contributed by atoms with E-state index in [2.05, 4.69) is 37.2 Å². The van der Waals surface area contributed by atoms with Crippen LogP contribution in [-0.4, -0.2) is 13.0 Å². The molecule has 0 aliphatic carbocycles. The molecule has 0 radical (unpaired) electrons. The minimum atomic E-state index is -0.482. The van der Waals surface area contributed by atoms with Crippen molar-refractivity contribution in [3.8, 4) is 5.75 Å². The van der Waals surface area contributed by atoms with Crippen LogP contribution in [0, 0.1) is 5.82 Å². The van der Waals surface area contributed by atoms with E-state index < -0.39 is 11.7 Å². The number of carbonyl (C=O) groups is 1. The van der Waals surface area contributed by atoms with Crippen LogP contribution in [0.4, 0.5) is 10.1 Å². The third kappa shape index (κ3) is 3.58. The summed E-state index contributed by atoms with van der Waals surface area (Å²) in [6.45, 7) is 0. The van der Waals surface area contributed by atoms with Crippen molar-refractivity contribution in [2.24, 2.45) is 0 Å². The lowest BCUT2D eigenvalue weighted by molar-refractivity contribution is 0.102. The van der Waals surface area contributed by atoms with Crippen molar-refractivity contribution in [1.82, 2.24) is 0 Å². The van der Waals surface area contributed by atoms with Gasteiger partial charge in [0.2, 0.25) is 0 Å². The van der Waals surface area contributed by atoms with E-state index in [-0.39, 0.29) is 5.56 Å². The Morgan fingerprint density at radius 3 is 2.60 bits per heavy atom. The molecule has 0 aliphatic rings. The van der Waals surface area contributed by atoms with Crippen molar-refractivity contribution in [2.75, 3.05) is 12.4 Å². The zero-order valence-corrected chi connectivity index (χ0v) is 13.6. The number of rotatable bonds is 3. The molecule has 20 heavy (non-hydrogen) atoms. The Hall–Kier alpha value is -1.40. The quantitative estimate of drug-likeness (QED) is 0.813. The maximum absolute atomic E-state index is 13.4. The lowest BCUT2D eigenvalue weighted by Crippen LogP contribution is -2.12. The largest absolute Gasteiger partial charge is 0.497 e. The van der Waals surface area contributed by atoms with Gasteiger partial charge in [-0.1, -0.05) is 15.9 Å². The van der Waals surface area contributed by atoms with Crippen LogP contribution in [-0.2, 0) is 0 Å². The molecule has 0 saturated heterocycles. The first-order valence-electron chi connectivity index (χ1n) is 5.60. The lowest BCUT2D eigenvalue weighted by Gasteiger charge is -2.08. The van der Waals surface area contributed by atoms with Crippen molar-refractivity contribution >= 4 is 43.5 Å². The van der Waals surface area contributed by atoms with E-state index in [1.165, 1.54) is 25.3 Å². The van der Waals surface area contributed by atoms with Crippen LogP contribution >= 0.6 is 31.9 Å². The fourth-order valence-electron chi connectivity index (χ4n) is 1.59. The van der Waals surface area contributed by atoms with E-state index in [1.807, 2.05) is 0 Å². The van der Waals surface area contributed by atoms with Crippen LogP contribution in [0.2, 0.25) is 0 Å². The first-order chi connectivity index (χ1) is 9.49. The zero-order chi connectivity index (χ0) is 14.7. The van der Waals surface area contributed by atoms with Gasteiger partial charge < -0.3 is 10.1 Å². The summed E-state index contributed by atoms with van der Waals surface area (Å²) in [4.78, 5) is 12.0. The number of halogens is 3. The van der Waals surface area contributed by atoms with Gasteiger partial charge in [-0.25, -0.2) is 4.39 Å². The van der Waals surface area contributed by atoms with E-state index in [0.29, 0.717) is 15.9 Å². The zero-order valence-electron chi connectivity index (χ0n) is 10.4. The molecule has 0 heterocycles. The molecule has 3 nitrogen and oxygen atoms in total. The normalized spacial score (nSPS) is 10.2. The molecule has 0 atom stereocenters. The first-order valence-corrected chi connectivity index (χ1v) is 7.19. The summed E-state index contributed by atoms with van der Waals surface area (Å²) < 4.78 is 19.6. The van der Waals surface area contributed by atoms with Crippen LogP contribution in [0.3, 0.4) is 0 Å². The molecule has 0 aromatic heterocycles. The SMILES string of the molecule is COc1cc(Br)cc(NC(=O)c2ccc(Br)c(F)c2)c1. The smallest absolute Gasteiger partial charge is 0.255 e. The van der Waals surface area contributed by atoms with Gasteiger partial charge in [-0.05, 0) is 46.3 Å². The summed E-state index contributed by atoms with van der Waals surface area (Å²) in [5, 5.41) is 2.69. The lowest BCUT2D eigenvalue weighted by atomic mass is 10.2. The summed E-state index contributed by atoms with van der Waals surface area (Å²) in [6, 6.07) is 9.39. The Balaban J connectivity index is 2.23. The molecule has 0 unspecified atom stereocenters. The van der Waals surface area contributed by atoms with Gasteiger partial charge in [0.25, 0.3) is 5.91 Å². The van der Waals surface area contributed by atoms with E-state index in [1.54, 1.807) is 18.2 Å². The topological polar surface area (TPSA) is 38.3 Å². The summed E-state index contributed by atoms with van der Waals surface area (Å²) in [6.07, 6.45) is 0. The van der Waals surface area contributed by atoms with Crippen LogP contribution in [0.15, 0.2) is 45.3 Å². The predicted octanol–water partition coefficient (Wildman–Crippen LogP) is 4.61. The third-order valence-electron chi connectivity index (χ3n) is 2.55. The van der Waals surface area contributed by atoms with Crippen molar-refractivity contribution in [3.05, 3.63) is 56.7 Å². The highest BCUT2D eigenvalue weighted by molar-refractivity contribution is 9.10. The van der Waals surface area contributed by atoms with E-state index in [9.17, 15) is 9.18 Å². The van der Waals surface area contributed by atoms with E-state index in [4.69, 9.17) is 4.74 Å². The molecule has 1 N–H and O–H groups in total. The molecular weight excluding hydrogens is 393 g/mol. The molecule has 2 rings (SSSR count). The van der Waals surface area contributed by atoms with Gasteiger partial charge in [0.05, 0.1) is 11.6 Å². The van der Waals surface area contributed by atoms with Gasteiger partial charge in [0.15, 0.2) is 0 Å². The molecule has 0 fully saturated rings. The number of methoxy groups -OCH3 is 1. The van der Waals surface area contributed by atoms with Crippen molar-refractivity contribution < 1.29 is 13.9 Å². The average Bonchev–Trinajstić information content (AvgIpc) is 2.41. The van der Waals surface area contributed by atoms with Crippen LogP contribution in [0.25, 0.3) is 0 Å². The minimum Gasteiger partial charge on any atom is -0.497 e. The van der Waals surface area contributed by atoms with Gasteiger partial charge >= 0.3 is 0 Å². The molecule has 2 aromatic carbocycles. The Kier molecular flexibility index (Phi) is 4.77.